The molecule has 0 aliphatic heterocycles. The number of hydrogen-bond donors (Lipinski definition) is 1. The second-order valence-electron chi connectivity index (χ2n) is 6.00. The fraction of sp³-hybridized carbons (Fsp3) is 0.100. The van der Waals surface area contributed by atoms with E-state index in [0.29, 0.717) is 33.6 Å². The van der Waals surface area contributed by atoms with E-state index in [1.165, 1.54) is 32.8 Å². The van der Waals surface area contributed by atoms with Gasteiger partial charge in [0.2, 0.25) is 5.82 Å². The van der Waals surface area contributed by atoms with Gasteiger partial charge in [-0.15, -0.1) is 0 Å². The molecular weight excluding hydrogens is 413 g/mol. The summed E-state index contributed by atoms with van der Waals surface area (Å²) in [6.07, 6.45) is 2.86. The molecule has 4 aromatic rings. The fourth-order valence-corrected chi connectivity index (χ4v) is 3.00. The Morgan fingerprint density at radius 1 is 1.07 bits per heavy atom. The first-order chi connectivity index (χ1) is 14.6. The smallest absolute Gasteiger partial charge is 0.263 e. The molecule has 2 aromatic carbocycles. The minimum atomic E-state index is -0.454. The topological polar surface area (TPSA) is 95.2 Å². The average Bonchev–Trinajstić information content (AvgIpc) is 3.24. The Kier molecular flexibility index (Phi) is 5.44. The number of nitrogens with one attached hydrogen (secondary N) is 1. The number of aromatic nitrogens is 4. The Morgan fingerprint density at radius 3 is 2.63 bits per heavy atom. The zero-order valence-electron chi connectivity index (χ0n) is 15.9. The number of anilines is 2. The lowest BCUT2D eigenvalue weighted by Crippen LogP contribution is -2.00. The second kappa shape index (κ2) is 8.34. The molecule has 0 fully saturated rings. The maximum Gasteiger partial charge on any atom is 0.263 e. The summed E-state index contributed by atoms with van der Waals surface area (Å²) >= 11 is 6.24. The lowest BCUT2D eigenvalue weighted by atomic mass is 10.2. The molecule has 2 heterocycles. The molecule has 10 heteroatoms. The zero-order valence-corrected chi connectivity index (χ0v) is 16.6. The largest absolute Gasteiger partial charge is 0.495 e. The maximum absolute atomic E-state index is 14.0. The van der Waals surface area contributed by atoms with Crippen LogP contribution >= 0.6 is 11.6 Å². The van der Waals surface area contributed by atoms with E-state index < -0.39 is 5.82 Å². The van der Waals surface area contributed by atoms with Crippen LogP contribution in [0.5, 0.6) is 11.5 Å². The summed E-state index contributed by atoms with van der Waals surface area (Å²) in [5.74, 6) is 1.10. The molecule has 30 heavy (non-hydrogen) atoms. The van der Waals surface area contributed by atoms with Crippen molar-refractivity contribution in [2.45, 2.75) is 0 Å². The third-order valence-corrected chi connectivity index (χ3v) is 4.51. The van der Waals surface area contributed by atoms with Gasteiger partial charge in [0.15, 0.2) is 0 Å². The van der Waals surface area contributed by atoms with Gasteiger partial charge >= 0.3 is 0 Å². The van der Waals surface area contributed by atoms with E-state index in [0.717, 1.165) is 0 Å². The summed E-state index contributed by atoms with van der Waals surface area (Å²) in [5, 5.41) is 7.38. The molecule has 152 valence electrons. The van der Waals surface area contributed by atoms with Gasteiger partial charge in [0.05, 0.1) is 30.5 Å². The second-order valence-corrected chi connectivity index (χ2v) is 6.41. The summed E-state index contributed by atoms with van der Waals surface area (Å²) in [5.41, 5.74) is 1.18. The van der Waals surface area contributed by atoms with Crippen molar-refractivity contribution < 1.29 is 18.4 Å². The van der Waals surface area contributed by atoms with Crippen LogP contribution in [0.1, 0.15) is 0 Å². The van der Waals surface area contributed by atoms with Gasteiger partial charge in [-0.3, -0.25) is 0 Å². The van der Waals surface area contributed by atoms with Crippen molar-refractivity contribution in [3.8, 4) is 34.3 Å². The lowest BCUT2D eigenvalue weighted by Gasteiger charge is -2.14. The van der Waals surface area contributed by atoms with E-state index >= 15 is 0 Å². The number of ether oxygens (including phenoxy) is 2. The van der Waals surface area contributed by atoms with Crippen molar-refractivity contribution in [1.82, 2.24) is 20.1 Å². The first-order valence-electron chi connectivity index (χ1n) is 8.68. The normalized spacial score (nSPS) is 10.7. The van der Waals surface area contributed by atoms with Gasteiger partial charge < -0.3 is 19.3 Å². The molecule has 0 spiro atoms. The van der Waals surface area contributed by atoms with Crippen molar-refractivity contribution in [3.63, 3.8) is 0 Å². The molecule has 0 bridgehead atoms. The summed E-state index contributed by atoms with van der Waals surface area (Å²) in [7, 11) is 3.03. The van der Waals surface area contributed by atoms with Gasteiger partial charge in [-0.05, 0) is 18.2 Å². The predicted molar refractivity (Wildman–Crippen MR) is 109 cm³/mol. The van der Waals surface area contributed by atoms with Crippen molar-refractivity contribution in [1.29, 1.82) is 0 Å². The first kappa shape index (κ1) is 19.6. The van der Waals surface area contributed by atoms with Crippen LogP contribution in [0.4, 0.5) is 15.9 Å². The number of methoxy groups -OCH3 is 2. The Hall–Kier alpha value is -3.72. The Labute approximate surface area is 175 Å². The minimum Gasteiger partial charge on any atom is -0.495 e. The lowest BCUT2D eigenvalue weighted by molar-refractivity contribution is 0.396. The zero-order chi connectivity index (χ0) is 21.1. The van der Waals surface area contributed by atoms with E-state index in [9.17, 15) is 4.39 Å². The number of benzene rings is 2. The molecule has 2 aromatic heterocycles. The molecule has 4 rings (SSSR count). The van der Waals surface area contributed by atoms with Crippen LogP contribution in [0.3, 0.4) is 0 Å². The van der Waals surface area contributed by atoms with Crippen LogP contribution < -0.4 is 14.8 Å². The molecule has 0 saturated heterocycles. The van der Waals surface area contributed by atoms with E-state index in [1.807, 2.05) is 0 Å². The minimum absolute atomic E-state index is 0.114. The Bertz CT molecular complexity index is 1200. The third kappa shape index (κ3) is 3.74. The maximum atomic E-state index is 14.0. The Balaban J connectivity index is 1.71. The van der Waals surface area contributed by atoms with Crippen LogP contribution in [0.25, 0.3) is 22.8 Å². The molecule has 0 saturated carbocycles. The monoisotopic (exact) mass is 427 g/mol. The molecule has 0 amide bonds. The van der Waals surface area contributed by atoms with Gasteiger partial charge in [0, 0.05) is 12.3 Å². The van der Waals surface area contributed by atoms with Crippen molar-refractivity contribution >= 4 is 23.1 Å². The molecular formula is C20H15ClFN5O3. The third-order valence-electron chi connectivity index (χ3n) is 4.21. The fourth-order valence-electron chi connectivity index (χ4n) is 2.76. The Morgan fingerprint density at radius 2 is 1.87 bits per heavy atom. The predicted octanol–water partition coefficient (Wildman–Crippen LogP) is 4.75. The van der Waals surface area contributed by atoms with Crippen LogP contribution in [-0.2, 0) is 0 Å². The first-order valence-corrected chi connectivity index (χ1v) is 9.06. The number of hydrogen-bond acceptors (Lipinski definition) is 8. The van der Waals surface area contributed by atoms with E-state index in [4.69, 9.17) is 25.6 Å². The quantitative estimate of drug-likeness (QED) is 0.471. The molecule has 0 aliphatic carbocycles. The summed E-state index contributed by atoms with van der Waals surface area (Å²) in [6.45, 7) is 0. The van der Waals surface area contributed by atoms with Gasteiger partial charge in [-0.1, -0.05) is 28.9 Å². The summed E-state index contributed by atoms with van der Waals surface area (Å²) in [4.78, 5) is 12.6. The van der Waals surface area contributed by atoms with E-state index in [1.54, 1.807) is 30.3 Å². The van der Waals surface area contributed by atoms with Crippen molar-refractivity contribution in [3.05, 3.63) is 59.8 Å². The average molecular weight is 428 g/mol. The number of nitrogens with zero attached hydrogens (tertiary/aromatic N) is 4. The van der Waals surface area contributed by atoms with Gasteiger partial charge in [-0.2, -0.15) is 4.98 Å². The molecule has 0 atom stereocenters. The molecule has 8 nitrogen and oxygen atoms in total. The number of halogens is 2. The van der Waals surface area contributed by atoms with Crippen LogP contribution in [0.15, 0.2) is 53.4 Å². The highest BCUT2D eigenvalue weighted by Gasteiger charge is 2.19. The standard InChI is InChI=1S/C20H15ClFN5O3/c1-28-16-8-17(29-2)15(7-13(16)21)25-18-12(9-23-10-24-18)20-26-19(27-30-20)11-5-3-4-6-14(11)22/h3-10H,1-2H3,(H,23,24,25). The SMILES string of the molecule is COc1cc(OC)c(Nc2ncncc2-c2nc(-c3ccccc3F)no2)cc1Cl. The van der Waals surface area contributed by atoms with E-state index in [2.05, 4.69) is 25.4 Å². The summed E-state index contributed by atoms with van der Waals surface area (Å²) < 4.78 is 30.0. The van der Waals surface area contributed by atoms with Gasteiger partial charge in [0.25, 0.3) is 5.89 Å². The molecule has 0 radical (unpaired) electrons. The molecule has 0 aliphatic rings. The van der Waals surface area contributed by atoms with Crippen molar-refractivity contribution in [2.24, 2.45) is 0 Å². The van der Waals surface area contributed by atoms with E-state index in [-0.39, 0.29) is 17.3 Å². The van der Waals surface area contributed by atoms with Gasteiger partial charge in [0.1, 0.15) is 35.0 Å². The highest BCUT2D eigenvalue weighted by Crippen LogP contribution is 2.38. The molecule has 0 unspecified atom stereocenters. The van der Waals surface area contributed by atoms with Crippen LogP contribution in [0.2, 0.25) is 5.02 Å². The van der Waals surface area contributed by atoms with Crippen LogP contribution in [-0.4, -0.2) is 34.3 Å². The van der Waals surface area contributed by atoms with Gasteiger partial charge in [-0.25, -0.2) is 14.4 Å². The highest BCUT2D eigenvalue weighted by atomic mass is 35.5. The summed E-state index contributed by atoms with van der Waals surface area (Å²) in [6, 6.07) is 9.45. The van der Waals surface area contributed by atoms with Crippen LogP contribution in [0, 0.1) is 5.82 Å². The molecule has 1 N–H and O–H groups in total. The van der Waals surface area contributed by atoms with Crippen molar-refractivity contribution in [2.75, 3.05) is 19.5 Å². The number of rotatable bonds is 6. The highest BCUT2D eigenvalue weighted by molar-refractivity contribution is 6.32.